The van der Waals surface area contributed by atoms with Crippen LogP contribution in [0.25, 0.3) is 0 Å². The summed E-state index contributed by atoms with van der Waals surface area (Å²) in [6.45, 7) is 1.80. The average molecular weight is 423 g/mol. The highest BCUT2D eigenvalue weighted by atomic mass is 35.5. The van der Waals surface area contributed by atoms with Crippen molar-refractivity contribution in [1.29, 1.82) is 0 Å². The van der Waals surface area contributed by atoms with Crippen LogP contribution in [0.3, 0.4) is 0 Å². The lowest BCUT2D eigenvalue weighted by molar-refractivity contribution is 0.102. The summed E-state index contributed by atoms with van der Waals surface area (Å²) in [6.07, 6.45) is 5.52. The van der Waals surface area contributed by atoms with Gasteiger partial charge in [0.15, 0.2) is 5.82 Å². The molecule has 8 heteroatoms. The first kappa shape index (κ1) is 20.1. The molecule has 154 valence electrons. The Labute approximate surface area is 180 Å². The van der Waals surface area contributed by atoms with E-state index in [1.807, 2.05) is 25.2 Å². The van der Waals surface area contributed by atoms with Crippen LogP contribution >= 0.6 is 11.6 Å². The number of carbonyl (C=O) groups is 1. The first-order valence-electron chi connectivity index (χ1n) is 9.88. The lowest BCUT2D eigenvalue weighted by atomic mass is 10.2. The van der Waals surface area contributed by atoms with Gasteiger partial charge in [-0.2, -0.15) is 5.10 Å². The summed E-state index contributed by atoms with van der Waals surface area (Å²) in [5.41, 5.74) is 1.15. The number of aromatic nitrogens is 3. The second kappa shape index (κ2) is 9.09. The van der Waals surface area contributed by atoms with Crippen LogP contribution in [0.2, 0.25) is 5.02 Å². The molecule has 1 aliphatic heterocycles. The monoisotopic (exact) mass is 422 g/mol. The molecular formula is C22H23ClN6O. The number of hydrogen-bond donors (Lipinski definition) is 1. The Morgan fingerprint density at radius 2 is 2.17 bits per heavy atom. The van der Waals surface area contributed by atoms with E-state index in [-0.39, 0.29) is 5.91 Å². The fourth-order valence-electron chi connectivity index (χ4n) is 3.70. The van der Waals surface area contributed by atoms with Crippen molar-refractivity contribution in [3.63, 3.8) is 0 Å². The molecule has 1 aromatic carbocycles. The fourth-order valence-corrected chi connectivity index (χ4v) is 3.89. The van der Waals surface area contributed by atoms with Gasteiger partial charge in [0.05, 0.1) is 5.56 Å². The van der Waals surface area contributed by atoms with Crippen LogP contribution in [0.1, 0.15) is 23.2 Å². The highest BCUT2D eigenvalue weighted by Crippen LogP contribution is 2.24. The van der Waals surface area contributed by atoms with E-state index in [1.54, 1.807) is 42.7 Å². The first-order chi connectivity index (χ1) is 14.6. The van der Waals surface area contributed by atoms with Crippen molar-refractivity contribution in [3.8, 4) is 0 Å². The second-order valence-electron chi connectivity index (χ2n) is 7.32. The molecule has 0 radical (unpaired) electrons. The predicted octanol–water partition coefficient (Wildman–Crippen LogP) is 3.88. The van der Waals surface area contributed by atoms with Crippen molar-refractivity contribution in [2.45, 2.75) is 18.9 Å². The maximum absolute atomic E-state index is 12.5. The van der Waals surface area contributed by atoms with E-state index in [0.717, 1.165) is 37.6 Å². The van der Waals surface area contributed by atoms with E-state index in [1.165, 1.54) is 0 Å². The van der Waals surface area contributed by atoms with Crippen LogP contribution in [-0.2, 0) is 0 Å². The predicted molar refractivity (Wildman–Crippen MR) is 119 cm³/mol. The van der Waals surface area contributed by atoms with Gasteiger partial charge in [-0.15, -0.1) is 5.10 Å². The topological polar surface area (TPSA) is 74.2 Å². The average Bonchev–Trinajstić information content (AvgIpc) is 3.22. The minimum absolute atomic E-state index is 0.219. The largest absolute Gasteiger partial charge is 0.358 e. The van der Waals surface area contributed by atoms with Gasteiger partial charge in [-0.1, -0.05) is 17.7 Å². The van der Waals surface area contributed by atoms with Gasteiger partial charge in [0.25, 0.3) is 5.91 Å². The number of pyridine rings is 1. The third kappa shape index (κ3) is 4.68. The molecule has 0 bridgehead atoms. The highest BCUT2D eigenvalue weighted by Gasteiger charge is 2.27. The number of benzene rings is 1. The first-order valence-corrected chi connectivity index (χ1v) is 10.3. The summed E-state index contributed by atoms with van der Waals surface area (Å²) in [5, 5.41) is 11.7. The molecule has 7 nitrogen and oxygen atoms in total. The minimum atomic E-state index is -0.219. The summed E-state index contributed by atoms with van der Waals surface area (Å²) in [4.78, 5) is 21.4. The van der Waals surface area contributed by atoms with Crippen molar-refractivity contribution in [2.24, 2.45) is 0 Å². The normalized spacial score (nSPS) is 15.8. The Bertz CT molecular complexity index is 998. The molecule has 0 aliphatic carbocycles. The highest BCUT2D eigenvalue weighted by molar-refractivity contribution is 6.30. The molecule has 3 heterocycles. The summed E-state index contributed by atoms with van der Waals surface area (Å²) in [5.74, 6) is 1.51. The number of nitrogens with one attached hydrogen (secondary N) is 1. The van der Waals surface area contributed by atoms with Crippen molar-refractivity contribution in [2.75, 3.05) is 35.3 Å². The van der Waals surface area contributed by atoms with Crippen LogP contribution in [0, 0.1) is 0 Å². The summed E-state index contributed by atoms with van der Waals surface area (Å²) < 4.78 is 0. The zero-order valence-electron chi connectivity index (χ0n) is 16.7. The van der Waals surface area contributed by atoms with Crippen LogP contribution < -0.4 is 15.1 Å². The molecule has 2 aromatic heterocycles. The zero-order valence-corrected chi connectivity index (χ0v) is 17.5. The zero-order chi connectivity index (χ0) is 20.9. The quantitative estimate of drug-likeness (QED) is 0.649. The molecule has 0 saturated carbocycles. The molecule has 1 fully saturated rings. The van der Waals surface area contributed by atoms with Crippen molar-refractivity contribution < 1.29 is 4.79 Å². The van der Waals surface area contributed by atoms with Crippen molar-refractivity contribution in [3.05, 3.63) is 71.5 Å². The Morgan fingerprint density at radius 3 is 2.90 bits per heavy atom. The number of likely N-dealkylation sites (N-methyl/N-ethyl adjacent to an activating group) is 1. The van der Waals surface area contributed by atoms with Gasteiger partial charge >= 0.3 is 0 Å². The molecular weight excluding hydrogens is 400 g/mol. The summed E-state index contributed by atoms with van der Waals surface area (Å²) in [7, 11) is 2.02. The number of carbonyl (C=O) groups excluding carboxylic acids is 1. The number of nitrogens with zero attached hydrogens (tertiary/aromatic N) is 5. The van der Waals surface area contributed by atoms with Gasteiger partial charge in [-0.05, 0) is 55.3 Å². The van der Waals surface area contributed by atoms with Crippen molar-refractivity contribution in [1.82, 2.24) is 15.2 Å². The number of rotatable bonds is 6. The van der Waals surface area contributed by atoms with Crippen LogP contribution in [0.15, 0.2) is 60.9 Å². The summed E-state index contributed by atoms with van der Waals surface area (Å²) >= 11 is 5.97. The van der Waals surface area contributed by atoms with Gasteiger partial charge in [-0.3, -0.25) is 4.79 Å². The molecule has 1 N–H and O–H groups in total. The Balaban J connectivity index is 1.39. The van der Waals surface area contributed by atoms with Gasteiger partial charge in [0.2, 0.25) is 0 Å². The summed E-state index contributed by atoms with van der Waals surface area (Å²) in [6, 6.07) is 15.0. The van der Waals surface area contributed by atoms with E-state index in [9.17, 15) is 4.79 Å². The second-order valence-corrected chi connectivity index (χ2v) is 7.76. The van der Waals surface area contributed by atoms with E-state index >= 15 is 0 Å². The molecule has 0 spiro atoms. The van der Waals surface area contributed by atoms with Crippen LogP contribution in [0.5, 0.6) is 0 Å². The number of hydrogen-bond acceptors (Lipinski definition) is 6. The Kier molecular flexibility index (Phi) is 6.09. The SMILES string of the molecule is CN(CC1CCCN1c1cccnn1)c1ccc(C(=O)Nc2cccc(Cl)c2)cn1. The third-order valence-corrected chi connectivity index (χ3v) is 5.43. The standard InChI is InChI=1S/C22H23ClN6O/c1-28(15-19-7-4-12-29(19)21-8-3-11-25-27-21)20-10-9-16(14-24-20)22(30)26-18-6-2-5-17(23)13-18/h2-3,5-6,8-11,13-14,19H,4,7,12,15H2,1H3,(H,26,30). The van der Waals surface area contributed by atoms with E-state index < -0.39 is 0 Å². The van der Waals surface area contributed by atoms with Gasteiger partial charge in [-0.25, -0.2) is 4.98 Å². The Morgan fingerprint density at radius 1 is 1.27 bits per heavy atom. The molecule has 3 aromatic rings. The lowest BCUT2D eigenvalue weighted by Crippen LogP contribution is -2.39. The smallest absolute Gasteiger partial charge is 0.257 e. The molecule has 30 heavy (non-hydrogen) atoms. The van der Waals surface area contributed by atoms with Gasteiger partial charge in [0, 0.05) is 49.3 Å². The number of amides is 1. The van der Waals surface area contributed by atoms with Crippen molar-refractivity contribution >= 4 is 34.8 Å². The van der Waals surface area contributed by atoms with Crippen LogP contribution in [0.4, 0.5) is 17.3 Å². The third-order valence-electron chi connectivity index (χ3n) is 5.20. The molecule has 1 amide bonds. The van der Waals surface area contributed by atoms with Crippen LogP contribution in [-0.4, -0.2) is 47.3 Å². The molecule has 1 atom stereocenters. The van der Waals surface area contributed by atoms with Gasteiger partial charge < -0.3 is 15.1 Å². The molecule has 1 unspecified atom stereocenters. The van der Waals surface area contributed by atoms with E-state index in [2.05, 4.69) is 30.3 Å². The molecule has 1 saturated heterocycles. The molecule has 1 aliphatic rings. The Hall–Kier alpha value is -3.19. The van der Waals surface area contributed by atoms with E-state index in [4.69, 9.17) is 11.6 Å². The lowest BCUT2D eigenvalue weighted by Gasteiger charge is -2.29. The van der Waals surface area contributed by atoms with E-state index in [0.29, 0.717) is 22.3 Å². The number of halogens is 1. The maximum atomic E-state index is 12.5. The molecule has 4 rings (SSSR count). The van der Waals surface area contributed by atoms with Gasteiger partial charge in [0.1, 0.15) is 5.82 Å². The fraction of sp³-hybridized carbons (Fsp3) is 0.273. The minimum Gasteiger partial charge on any atom is -0.358 e. The number of anilines is 3. The maximum Gasteiger partial charge on any atom is 0.257 e.